The number of carbonyl (C=O) groups excluding carboxylic acids is 2. The third-order valence-electron chi connectivity index (χ3n) is 6.11. The third kappa shape index (κ3) is 3.75. The SMILES string of the molecule is NCC1(C(=O)NC2CCN(C(=O)C3CCCCC3)C2)CCOCC1. The Hall–Kier alpha value is -1.14. The summed E-state index contributed by atoms with van der Waals surface area (Å²) in [5.41, 5.74) is 5.42. The van der Waals surface area contributed by atoms with Crippen LogP contribution in [0.3, 0.4) is 0 Å². The molecular formula is C18H31N3O3. The lowest BCUT2D eigenvalue weighted by molar-refractivity contribution is -0.138. The number of likely N-dealkylation sites (tertiary alicyclic amines) is 1. The zero-order valence-corrected chi connectivity index (χ0v) is 14.6. The molecule has 0 spiro atoms. The number of rotatable bonds is 4. The van der Waals surface area contributed by atoms with Crippen molar-refractivity contribution in [1.82, 2.24) is 10.2 Å². The maximum absolute atomic E-state index is 12.7. The highest BCUT2D eigenvalue weighted by molar-refractivity contribution is 5.84. The molecule has 3 rings (SSSR count). The Kier molecular flexibility index (Phi) is 5.76. The van der Waals surface area contributed by atoms with Gasteiger partial charge in [-0.25, -0.2) is 0 Å². The summed E-state index contributed by atoms with van der Waals surface area (Å²) in [5.74, 6) is 0.551. The van der Waals surface area contributed by atoms with Crippen molar-refractivity contribution in [2.45, 2.75) is 57.4 Å². The van der Waals surface area contributed by atoms with E-state index in [1.165, 1.54) is 19.3 Å². The average Bonchev–Trinajstić information content (AvgIpc) is 3.10. The van der Waals surface area contributed by atoms with Gasteiger partial charge in [-0.05, 0) is 32.1 Å². The Balaban J connectivity index is 1.51. The first-order chi connectivity index (χ1) is 11.6. The molecule has 2 heterocycles. The highest BCUT2D eigenvalue weighted by atomic mass is 16.5. The van der Waals surface area contributed by atoms with Crippen molar-refractivity contribution in [1.29, 1.82) is 0 Å². The molecule has 1 unspecified atom stereocenters. The number of nitrogens with zero attached hydrogens (tertiary/aromatic N) is 1. The molecule has 0 aromatic carbocycles. The van der Waals surface area contributed by atoms with Crippen molar-refractivity contribution in [3.63, 3.8) is 0 Å². The monoisotopic (exact) mass is 337 g/mol. The van der Waals surface area contributed by atoms with Crippen molar-refractivity contribution in [3.05, 3.63) is 0 Å². The molecule has 1 aliphatic carbocycles. The van der Waals surface area contributed by atoms with Gasteiger partial charge >= 0.3 is 0 Å². The Labute approximate surface area is 144 Å². The quantitative estimate of drug-likeness (QED) is 0.803. The van der Waals surface area contributed by atoms with Crippen LogP contribution >= 0.6 is 0 Å². The molecule has 1 atom stereocenters. The number of carbonyl (C=O) groups is 2. The number of amides is 2. The Bertz CT molecular complexity index is 456. The highest BCUT2D eigenvalue weighted by Crippen LogP contribution is 2.30. The van der Waals surface area contributed by atoms with Crippen molar-refractivity contribution >= 4 is 11.8 Å². The first-order valence-electron chi connectivity index (χ1n) is 9.52. The second-order valence-corrected chi connectivity index (χ2v) is 7.68. The van der Waals surface area contributed by atoms with Gasteiger partial charge in [-0.3, -0.25) is 9.59 Å². The second-order valence-electron chi connectivity index (χ2n) is 7.68. The number of ether oxygens (including phenoxy) is 1. The fraction of sp³-hybridized carbons (Fsp3) is 0.889. The smallest absolute Gasteiger partial charge is 0.227 e. The molecule has 3 fully saturated rings. The number of hydrogen-bond acceptors (Lipinski definition) is 4. The van der Waals surface area contributed by atoms with Crippen molar-refractivity contribution in [3.8, 4) is 0 Å². The van der Waals surface area contributed by atoms with Gasteiger partial charge in [-0.2, -0.15) is 0 Å². The predicted octanol–water partition coefficient (Wildman–Crippen LogP) is 1.04. The standard InChI is InChI=1S/C18H31N3O3/c19-13-18(7-10-24-11-8-18)17(23)20-15-6-9-21(12-15)16(22)14-4-2-1-3-5-14/h14-15H,1-13,19H2,(H,20,23). The maximum atomic E-state index is 12.7. The first kappa shape index (κ1) is 17.7. The van der Waals surface area contributed by atoms with Crippen LogP contribution in [0.25, 0.3) is 0 Å². The number of hydrogen-bond donors (Lipinski definition) is 2. The van der Waals surface area contributed by atoms with Crippen LogP contribution in [0.1, 0.15) is 51.4 Å². The van der Waals surface area contributed by atoms with Crippen LogP contribution in [0.2, 0.25) is 0 Å². The van der Waals surface area contributed by atoms with E-state index in [9.17, 15) is 9.59 Å². The topological polar surface area (TPSA) is 84.7 Å². The summed E-state index contributed by atoms with van der Waals surface area (Å²) in [6.07, 6.45) is 7.89. The van der Waals surface area contributed by atoms with Crippen LogP contribution in [-0.4, -0.2) is 55.6 Å². The maximum Gasteiger partial charge on any atom is 0.227 e. The molecule has 0 aromatic heterocycles. The van der Waals surface area contributed by atoms with Gasteiger partial charge in [0.15, 0.2) is 0 Å². The molecule has 2 amide bonds. The normalized spacial score (nSPS) is 27.9. The summed E-state index contributed by atoms with van der Waals surface area (Å²) in [6.45, 7) is 2.97. The second kappa shape index (κ2) is 7.83. The van der Waals surface area contributed by atoms with Gasteiger partial charge in [0.2, 0.25) is 11.8 Å². The van der Waals surface area contributed by atoms with E-state index in [0.29, 0.717) is 45.1 Å². The predicted molar refractivity (Wildman–Crippen MR) is 91.2 cm³/mol. The minimum Gasteiger partial charge on any atom is -0.381 e. The van der Waals surface area contributed by atoms with E-state index in [1.807, 2.05) is 4.90 Å². The molecule has 136 valence electrons. The summed E-state index contributed by atoms with van der Waals surface area (Å²) in [6, 6.07) is 0.0660. The third-order valence-corrected chi connectivity index (χ3v) is 6.11. The van der Waals surface area contributed by atoms with Crippen molar-refractivity contribution < 1.29 is 14.3 Å². The zero-order valence-electron chi connectivity index (χ0n) is 14.6. The van der Waals surface area contributed by atoms with Crippen molar-refractivity contribution in [2.24, 2.45) is 17.1 Å². The van der Waals surface area contributed by atoms with Gasteiger partial charge < -0.3 is 20.7 Å². The van der Waals surface area contributed by atoms with Crippen LogP contribution in [0, 0.1) is 11.3 Å². The van der Waals surface area contributed by atoms with E-state index in [2.05, 4.69) is 5.32 Å². The van der Waals surface area contributed by atoms with Gasteiger partial charge in [-0.1, -0.05) is 19.3 Å². The van der Waals surface area contributed by atoms with Crippen LogP contribution < -0.4 is 11.1 Å². The lowest BCUT2D eigenvalue weighted by atomic mass is 9.79. The summed E-state index contributed by atoms with van der Waals surface area (Å²) < 4.78 is 5.37. The minimum absolute atomic E-state index is 0.0465. The molecule has 0 radical (unpaired) electrons. The minimum atomic E-state index is -0.487. The lowest BCUT2D eigenvalue weighted by Gasteiger charge is -2.35. The molecule has 6 heteroatoms. The van der Waals surface area contributed by atoms with Gasteiger partial charge in [0.1, 0.15) is 0 Å². The van der Waals surface area contributed by atoms with Crippen LogP contribution in [0.4, 0.5) is 0 Å². The van der Waals surface area contributed by atoms with E-state index in [1.54, 1.807) is 0 Å². The van der Waals surface area contributed by atoms with Crippen molar-refractivity contribution in [2.75, 3.05) is 32.8 Å². The molecular weight excluding hydrogens is 306 g/mol. The Morgan fingerprint density at radius 2 is 1.83 bits per heavy atom. The number of nitrogens with one attached hydrogen (secondary N) is 1. The van der Waals surface area contributed by atoms with Crippen LogP contribution in [0.5, 0.6) is 0 Å². The fourth-order valence-corrected chi connectivity index (χ4v) is 4.31. The summed E-state index contributed by atoms with van der Waals surface area (Å²) in [4.78, 5) is 27.3. The zero-order chi connectivity index (χ0) is 17.0. The lowest BCUT2D eigenvalue weighted by Crippen LogP contribution is -2.52. The van der Waals surface area contributed by atoms with E-state index >= 15 is 0 Å². The molecule has 0 bridgehead atoms. The van der Waals surface area contributed by atoms with Gasteiger partial charge in [0, 0.05) is 44.8 Å². The molecule has 3 aliphatic rings. The largest absolute Gasteiger partial charge is 0.381 e. The fourth-order valence-electron chi connectivity index (χ4n) is 4.31. The highest BCUT2D eigenvalue weighted by Gasteiger charge is 2.41. The number of nitrogens with two attached hydrogens (primary N) is 1. The summed E-state index contributed by atoms with van der Waals surface area (Å²) in [5, 5.41) is 3.16. The first-order valence-corrected chi connectivity index (χ1v) is 9.52. The molecule has 3 N–H and O–H groups in total. The molecule has 6 nitrogen and oxygen atoms in total. The molecule has 2 saturated heterocycles. The van der Waals surface area contributed by atoms with Crippen LogP contribution in [0.15, 0.2) is 0 Å². The van der Waals surface area contributed by atoms with E-state index in [-0.39, 0.29) is 17.9 Å². The van der Waals surface area contributed by atoms with Gasteiger partial charge in [0.05, 0.1) is 5.41 Å². The summed E-state index contributed by atoms with van der Waals surface area (Å²) >= 11 is 0. The van der Waals surface area contributed by atoms with E-state index in [0.717, 1.165) is 25.8 Å². The molecule has 0 aromatic rings. The Morgan fingerprint density at radius 1 is 1.12 bits per heavy atom. The molecule has 24 heavy (non-hydrogen) atoms. The van der Waals surface area contributed by atoms with E-state index < -0.39 is 5.41 Å². The van der Waals surface area contributed by atoms with Gasteiger partial charge in [-0.15, -0.1) is 0 Å². The summed E-state index contributed by atoms with van der Waals surface area (Å²) in [7, 11) is 0. The molecule has 2 aliphatic heterocycles. The van der Waals surface area contributed by atoms with Crippen LogP contribution in [-0.2, 0) is 14.3 Å². The van der Waals surface area contributed by atoms with E-state index in [4.69, 9.17) is 10.5 Å². The average molecular weight is 337 g/mol. The van der Waals surface area contributed by atoms with Gasteiger partial charge in [0.25, 0.3) is 0 Å². The molecule has 1 saturated carbocycles. The Morgan fingerprint density at radius 3 is 2.50 bits per heavy atom.